The van der Waals surface area contributed by atoms with Crippen molar-refractivity contribution in [3.8, 4) is 11.5 Å². The first-order chi connectivity index (χ1) is 12.8. The highest BCUT2D eigenvalue weighted by Crippen LogP contribution is 2.30. The number of thiazole rings is 1. The van der Waals surface area contributed by atoms with Gasteiger partial charge in [0.25, 0.3) is 0 Å². The molecule has 0 radical (unpaired) electrons. The summed E-state index contributed by atoms with van der Waals surface area (Å²) in [5.74, 6) is 2.42. The van der Waals surface area contributed by atoms with Crippen LogP contribution in [0.3, 0.4) is 0 Å². The number of benzene rings is 1. The lowest BCUT2D eigenvalue weighted by atomic mass is 10.2. The van der Waals surface area contributed by atoms with Crippen LogP contribution in [0.25, 0.3) is 0 Å². The predicted molar refractivity (Wildman–Crippen MR) is 105 cm³/mol. The fourth-order valence-corrected chi connectivity index (χ4v) is 3.50. The van der Waals surface area contributed by atoms with Crippen LogP contribution in [0.4, 0.5) is 0 Å². The Kier molecular flexibility index (Phi) is 6.71. The van der Waals surface area contributed by atoms with E-state index in [0.29, 0.717) is 19.8 Å². The summed E-state index contributed by atoms with van der Waals surface area (Å²) in [6.45, 7) is 5.04. The van der Waals surface area contributed by atoms with Gasteiger partial charge < -0.3 is 20.1 Å². The van der Waals surface area contributed by atoms with E-state index in [1.165, 1.54) is 4.88 Å². The van der Waals surface area contributed by atoms with Crippen LogP contribution in [0.5, 0.6) is 11.5 Å². The smallest absolute Gasteiger partial charge is 0.191 e. The summed E-state index contributed by atoms with van der Waals surface area (Å²) in [4.78, 5) is 10.1. The standard InChI is InChI=1S/C19H26N4O2S/c1-3-15-13-22-18(26-15)7-8-21-19(20-2)23-12-14-5-6-16-17(11-14)25-10-4-9-24-16/h5-6,11,13H,3-4,7-10,12H2,1-2H3,(H2,20,21,23). The second-order valence-corrected chi connectivity index (χ2v) is 7.21. The molecule has 1 aromatic heterocycles. The number of aliphatic imine (C=N–C) groups is 1. The molecule has 6 nitrogen and oxygen atoms in total. The van der Waals surface area contributed by atoms with Crippen LogP contribution in [-0.4, -0.2) is 37.7 Å². The Morgan fingerprint density at radius 1 is 1.23 bits per heavy atom. The van der Waals surface area contributed by atoms with Crippen LogP contribution in [0.2, 0.25) is 0 Å². The van der Waals surface area contributed by atoms with Crippen molar-refractivity contribution in [1.82, 2.24) is 15.6 Å². The fourth-order valence-electron chi connectivity index (χ4n) is 2.64. The van der Waals surface area contributed by atoms with Crippen LogP contribution < -0.4 is 20.1 Å². The molecule has 26 heavy (non-hydrogen) atoms. The third kappa shape index (κ3) is 5.11. The zero-order valence-electron chi connectivity index (χ0n) is 15.4. The van der Waals surface area contributed by atoms with Crippen molar-refractivity contribution < 1.29 is 9.47 Å². The molecule has 140 valence electrons. The predicted octanol–water partition coefficient (Wildman–Crippen LogP) is 2.77. The van der Waals surface area contributed by atoms with Crippen molar-refractivity contribution >= 4 is 17.3 Å². The first-order valence-electron chi connectivity index (χ1n) is 9.05. The molecule has 1 aliphatic rings. The summed E-state index contributed by atoms with van der Waals surface area (Å²) < 4.78 is 11.4. The van der Waals surface area contributed by atoms with E-state index < -0.39 is 0 Å². The molecule has 0 spiro atoms. The lowest BCUT2D eigenvalue weighted by Crippen LogP contribution is -2.37. The van der Waals surface area contributed by atoms with Crippen LogP contribution in [0.1, 0.15) is 28.8 Å². The largest absolute Gasteiger partial charge is 0.490 e. The third-order valence-electron chi connectivity index (χ3n) is 4.08. The Hall–Kier alpha value is -2.28. The van der Waals surface area contributed by atoms with E-state index in [1.807, 2.05) is 18.3 Å². The molecule has 0 bridgehead atoms. The fraction of sp³-hybridized carbons (Fsp3) is 0.474. The molecule has 0 saturated carbocycles. The maximum atomic E-state index is 5.74. The Morgan fingerprint density at radius 2 is 2.08 bits per heavy atom. The summed E-state index contributed by atoms with van der Waals surface area (Å²) >= 11 is 1.78. The molecule has 0 aliphatic carbocycles. The van der Waals surface area contributed by atoms with E-state index in [1.54, 1.807) is 18.4 Å². The van der Waals surface area contributed by atoms with Gasteiger partial charge in [0, 0.05) is 44.1 Å². The van der Waals surface area contributed by atoms with E-state index >= 15 is 0 Å². The van der Waals surface area contributed by atoms with E-state index in [0.717, 1.165) is 53.8 Å². The van der Waals surface area contributed by atoms with Gasteiger partial charge in [-0.2, -0.15) is 0 Å². The number of rotatable bonds is 6. The van der Waals surface area contributed by atoms with Gasteiger partial charge in [-0.05, 0) is 24.1 Å². The maximum absolute atomic E-state index is 5.74. The highest BCUT2D eigenvalue weighted by molar-refractivity contribution is 7.11. The van der Waals surface area contributed by atoms with Gasteiger partial charge in [-0.3, -0.25) is 4.99 Å². The second kappa shape index (κ2) is 9.43. The molecule has 0 unspecified atom stereocenters. The van der Waals surface area contributed by atoms with Gasteiger partial charge in [-0.1, -0.05) is 13.0 Å². The van der Waals surface area contributed by atoms with Crippen LogP contribution in [-0.2, 0) is 19.4 Å². The molecule has 2 heterocycles. The van der Waals surface area contributed by atoms with Crippen molar-refractivity contribution in [2.24, 2.45) is 4.99 Å². The Morgan fingerprint density at radius 3 is 2.85 bits per heavy atom. The van der Waals surface area contributed by atoms with Crippen molar-refractivity contribution in [3.63, 3.8) is 0 Å². The molecule has 3 rings (SSSR count). The third-order valence-corrected chi connectivity index (χ3v) is 5.28. The number of ether oxygens (including phenoxy) is 2. The first kappa shape index (κ1) is 18.5. The summed E-state index contributed by atoms with van der Waals surface area (Å²) in [5, 5.41) is 7.83. The molecular weight excluding hydrogens is 348 g/mol. The number of fused-ring (bicyclic) bond motifs is 1. The average molecular weight is 375 g/mol. The van der Waals surface area contributed by atoms with Crippen molar-refractivity contribution in [2.45, 2.75) is 32.7 Å². The molecule has 0 atom stereocenters. The molecule has 0 saturated heterocycles. The van der Waals surface area contributed by atoms with Crippen LogP contribution in [0, 0.1) is 0 Å². The highest BCUT2D eigenvalue weighted by atomic mass is 32.1. The van der Waals surface area contributed by atoms with Gasteiger partial charge in [0.1, 0.15) is 0 Å². The van der Waals surface area contributed by atoms with Gasteiger partial charge in [0.05, 0.1) is 18.2 Å². The molecule has 0 amide bonds. The molecule has 1 aromatic carbocycles. The molecule has 1 aliphatic heterocycles. The zero-order chi connectivity index (χ0) is 18.2. The number of hydrogen-bond acceptors (Lipinski definition) is 5. The van der Waals surface area contributed by atoms with Gasteiger partial charge in [0.2, 0.25) is 0 Å². The van der Waals surface area contributed by atoms with Gasteiger partial charge >= 0.3 is 0 Å². The maximum Gasteiger partial charge on any atom is 0.191 e. The van der Waals surface area contributed by atoms with E-state index in [2.05, 4.69) is 33.6 Å². The minimum absolute atomic E-state index is 0.674. The summed E-state index contributed by atoms with van der Waals surface area (Å²) in [6.07, 6.45) is 4.83. The SMILES string of the molecule is CCc1cnc(CCNC(=NC)NCc2ccc3c(c2)OCCCO3)s1. The molecule has 7 heteroatoms. The van der Waals surface area contributed by atoms with Crippen molar-refractivity contribution in [1.29, 1.82) is 0 Å². The number of guanidine groups is 1. The molecule has 0 fully saturated rings. The first-order valence-corrected chi connectivity index (χ1v) is 9.86. The van der Waals surface area contributed by atoms with Crippen LogP contribution in [0.15, 0.2) is 29.4 Å². The van der Waals surface area contributed by atoms with Crippen molar-refractivity contribution in [3.05, 3.63) is 39.8 Å². The summed E-state index contributed by atoms with van der Waals surface area (Å²) in [7, 11) is 1.78. The molecule has 2 N–H and O–H groups in total. The number of aromatic nitrogens is 1. The van der Waals surface area contributed by atoms with Gasteiger partial charge in [-0.25, -0.2) is 4.98 Å². The minimum Gasteiger partial charge on any atom is -0.490 e. The van der Waals surface area contributed by atoms with Crippen molar-refractivity contribution in [2.75, 3.05) is 26.8 Å². The minimum atomic E-state index is 0.674. The number of hydrogen-bond donors (Lipinski definition) is 2. The Bertz CT molecular complexity index is 745. The van der Waals surface area contributed by atoms with Crippen LogP contribution >= 0.6 is 11.3 Å². The van der Waals surface area contributed by atoms with E-state index in [-0.39, 0.29) is 0 Å². The number of nitrogens with zero attached hydrogens (tertiary/aromatic N) is 2. The Labute approximate surface area is 158 Å². The second-order valence-electron chi connectivity index (χ2n) is 6.01. The summed E-state index contributed by atoms with van der Waals surface area (Å²) in [5.41, 5.74) is 1.13. The lowest BCUT2D eigenvalue weighted by molar-refractivity contribution is 0.297. The topological polar surface area (TPSA) is 67.8 Å². The van der Waals surface area contributed by atoms with Gasteiger partial charge in [-0.15, -0.1) is 11.3 Å². The Balaban J connectivity index is 1.47. The number of nitrogens with one attached hydrogen (secondary N) is 2. The van der Waals surface area contributed by atoms with Gasteiger partial charge in [0.15, 0.2) is 17.5 Å². The molecule has 2 aromatic rings. The quantitative estimate of drug-likeness (QED) is 0.601. The van der Waals surface area contributed by atoms with E-state index in [4.69, 9.17) is 9.47 Å². The molecular formula is C19H26N4O2S. The van der Waals surface area contributed by atoms with E-state index in [9.17, 15) is 0 Å². The average Bonchev–Trinajstić information content (AvgIpc) is 3.00. The normalized spacial score (nSPS) is 14.0. The zero-order valence-corrected chi connectivity index (χ0v) is 16.2. The highest BCUT2D eigenvalue weighted by Gasteiger charge is 2.10. The number of aryl methyl sites for hydroxylation is 1. The summed E-state index contributed by atoms with van der Waals surface area (Å²) in [6, 6.07) is 6.06. The monoisotopic (exact) mass is 374 g/mol. The lowest BCUT2D eigenvalue weighted by Gasteiger charge is -2.13.